The van der Waals surface area contributed by atoms with Crippen molar-refractivity contribution in [3.63, 3.8) is 0 Å². The average Bonchev–Trinajstić information content (AvgIpc) is 3.12. The second-order valence-corrected chi connectivity index (χ2v) is 6.62. The van der Waals surface area contributed by atoms with Crippen molar-refractivity contribution in [2.45, 2.75) is 32.2 Å². The molecule has 0 bridgehead atoms. The summed E-state index contributed by atoms with van der Waals surface area (Å²) in [5.74, 6) is 0.417. The highest BCUT2D eigenvalue weighted by Crippen LogP contribution is 2.33. The molecule has 1 aliphatic heterocycles. The topological polar surface area (TPSA) is 41.1 Å². The Morgan fingerprint density at radius 2 is 2.10 bits per heavy atom. The zero-order valence-electron chi connectivity index (χ0n) is 12.2. The monoisotopic (exact) mass is 300 g/mol. The van der Waals surface area contributed by atoms with Crippen LogP contribution in [-0.2, 0) is 17.8 Å². The summed E-state index contributed by atoms with van der Waals surface area (Å²) in [6.07, 6.45) is 1.61. The Kier molecular flexibility index (Phi) is 4.25. The zero-order valence-corrected chi connectivity index (χ0v) is 13.0. The lowest BCUT2D eigenvalue weighted by Gasteiger charge is -2.10. The third-order valence-corrected chi connectivity index (χ3v) is 5.13. The maximum Gasteiger partial charge on any atom is 0.220 e. The molecule has 1 aromatic heterocycles. The van der Waals surface area contributed by atoms with Gasteiger partial charge in [0.05, 0.1) is 6.54 Å². The molecule has 0 spiro atoms. The van der Waals surface area contributed by atoms with Crippen molar-refractivity contribution >= 4 is 22.9 Å². The van der Waals surface area contributed by atoms with Gasteiger partial charge in [0.1, 0.15) is 0 Å². The molecule has 0 radical (unpaired) electrons. The summed E-state index contributed by atoms with van der Waals surface area (Å²) >= 11 is 1.78. The molecule has 0 fully saturated rings. The number of para-hydroxylation sites is 1. The molecule has 0 saturated heterocycles. The molecule has 0 aliphatic carbocycles. The number of rotatable bonds is 5. The fraction of sp³-hybridized carbons (Fsp3) is 0.353. The van der Waals surface area contributed by atoms with Gasteiger partial charge in [0, 0.05) is 34.3 Å². The molecule has 2 N–H and O–H groups in total. The van der Waals surface area contributed by atoms with Crippen LogP contribution in [0.15, 0.2) is 36.4 Å². The first-order valence-corrected chi connectivity index (χ1v) is 8.25. The second kappa shape index (κ2) is 6.31. The van der Waals surface area contributed by atoms with Crippen LogP contribution >= 0.6 is 11.3 Å². The molecular weight excluding hydrogens is 280 g/mol. The number of fused-ring (bicyclic) bond motifs is 1. The van der Waals surface area contributed by atoms with Gasteiger partial charge in [-0.15, -0.1) is 11.3 Å². The van der Waals surface area contributed by atoms with Gasteiger partial charge in [0.15, 0.2) is 0 Å². The predicted molar refractivity (Wildman–Crippen MR) is 87.8 cm³/mol. The summed E-state index contributed by atoms with van der Waals surface area (Å²) in [6, 6.07) is 12.5. The molecule has 1 amide bonds. The maximum atomic E-state index is 12.1. The van der Waals surface area contributed by atoms with E-state index in [-0.39, 0.29) is 11.8 Å². The maximum absolute atomic E-state index is 12.1. The fourth-order valence-corrected chi connectivity index (χ4v) is 3.63. The van der Waals surface area contributed by atoms with Crippen molar-refractivity contribution in [2.24, 2.45) is 0 Å². The van der Waals surface area contributed by atoms with E-state index in [1.54, 1.807) is 11.3 Å². The zero-order chi connectivity index (χ0) is 14.7. The van der Waals surface area contributed by atoms with Crippen molar-refractivity contribution in [3.8, 4) is 0 Å². The van der Waals surface area contributed by atoms with Crippen molar-refractivity contribution in [3.05, 3.63) is 51.7 Å². The van der Waals surface area contributed by atoms with E-state index < -0.39 is 0 Å². The van der Waals surface area contributed by atoms with Crippen molar-refractivity contribution in [1.29, 1.82) is 0 Å². The molecule has 1 aromatic carbocycles. The Morgan fingerprint density at radius 3 is 2.90 bits per heavy atom. The Labute approximate surface area is 129 Å². The third kappa shape index (κ3) is 3.27. The molecule has 2 heterocycles. The lowest BCUT2D eigenvalue weighted by atomic mass is 9.97. The second-order valence-electron chi connectivity index (χ2n) is 5.37. The SMILES string of the molecule is CCc1ccc(CNC(=O)CC2CNc3ccccc32)s1. The molecule has 110 valence electrons. The van der Waals surface area contributed by atoms with E-state index >= 15 is 0 Å². The number of aryl methyl sites for hydroxylation is 1. The van der Waals surface area contributed by atoms with Gasteiger partial charge in [0.25, 0.3) is 0 Å². The highest BCUT2D eigenvalue weighted by Gasteiger charge is 2.23. The van der Waals surface area contributed by atoms with Crippen molar-refractivity contribution in [1.82, 2.24) is 5.32 Å². The van der Waals surface area contributed by atoms with Crippen LogP contribution in [-0.4, -0.2) is 12.5 Å². The van der Waals surface area contributed by atoms with E-state index in [0.717, 1.165) is 13.0 Å². The number of hydrogen-bond acceptors (Lipinski definition) is 3. The van der Waals surface area contributed by atoms with Crippen LogP contribution in [0.4, 0.5) is 5.69 Å². The minimum atomic E-state index is 0.130. The number of hydrogen-bond donors (Lipinski definition) is 2. The smallest absolute Gasteiger partial charge is 0.220 e. The fourth-order valence-electron chi connectivity index (χ4n) is 2.73. The highest BCUT2D eigenvalue weighted by molar-refractivity contribution is 7.11. The normalized spacial score (nSPS) is 16.3. The van der Waals surface area contributed by atoms with Crippen LogP contribution in [0.3, 0.4) is 0 Å². The summed E-state index contributed by atoms with van der Waals surface area (Å²) in [5.41, 5.74) is 2.43. The lowest BCUT2D eigenvalue weighted by Crippen LogP contribution is -2.24. The number of carbonyl (C=O) groups excluding carboxylic acids is 1. The molecule has 2 aromatic rings. The Morgan fingerprint density at radius 1 is 1.29 bits per heavy atom. The van der Waals surface area contributed by atoms with Crippen LogP contribution in [0.25, 0.3) is 0 Å². The van der Waals surface area contributed by atoms with Crippen molar-refractivity contribution < 1.29 is 4.79 Å². The van der Waals surface area contributed by atoms with Crippen LogP contribution in [0.5, 0.6) is 0 Å². The van der Waals surface area contributed by atoms with Crippen LogP contribution in [0, 0.1) is 0 Å². The van der Waals surface area contributed by atoms with Gasteiger partial charge >= 0.3 is 0 Å². The van der Waals surface area contributed by atoms with Gasteiger partial charge in [0.2, 0.25) is 5.91 Å². The summed E-state index contributed by atoms with van der Waals surface area (Å²) in [4.78, 5) is 14.7. The number of benzene rings is 1. The first-order valence-electron chi connectivity index (χ1n) is 7.43. The minimum absolute atomic E-state index is 0.130. The van der Waals surface area contributed by atoms with E-state index in [1.807, 2.05) is 12.1 Å². The number of nitrogens with one attached hydrogen (secondary N) is 2. The molecular formula is C17H20N2OS. The van der Waals surface area contributed by atoms with Gasteiger partial charge < -0.3 is 10.6 Å². The van der Waals surface area contributed by atoms with E-state index in [9.17, 15) is 4.79 Å². The van der Waals surface area contributed by atoms with Crippen LogP contribution < -0.4 is 10.6 Å². The van der Waals surface area contributed by atoms with Gasteiger partial charge in [-0.25, -0.2) is 0 Å². The summed E-state index contributed by atoms with van der Waals surface area (Å²) in [5, 5.41) is 6.40. The Bertz CT molecular complexity index is 635. The number of carbonyl (C=O) groups is 1. The largest absolute Gasteiger partial charge is 0.384 e. The summed E-state index contributed by atoms with van der Waals surface area (Å²) in [6.45, 7) is 3.65. The van der Waals surface area contributed by atoms with Gasteiger partial charge in [-0.3, -0.25) is 4.79 Å². The van der Waals surface area contributed by atoms with Gasteiger partial charge in [-0.1, -0.05) is 25.1 Å². The molecule has 4 heteroatoms. The summed E-state index contributed by atoms with van der Waals surface area (Å²) < 4.78 is 0. The molecule has 21 heavy (non-hydrogen) atoms. The summed E-state index contributed by atoms with van der Waals surface area (Å²) in [7, 11) is 0. The molecule has 0 saturated carbocycles. The highest BCUT2D eigenvalue weighted by atomic mass is 32.1. The third-order valence-electron chi connectivity index (χ3n) is 3.90. The van der Waals surface area contributed by atoms with E-state index in [2.05, 4.69) is 41.8 Å². The average molecular weight is 300 g/mol. The molecule has 1 unspecified atom stereocenters. The van der Waals surface area contributed by atoms with E-state index in [1.165, 1.54) is 21.0 Å². The lowest BCUT2D eigenvalue weighted by molar-refractivity contribution is -0.121. The van der Waals surface area contributed by atoms with E-state index in [4.69, 9.17) is 0 Å². The number of amides is 1. The van der Waals surface area contributed by atoms with Gasteiger partial charge in [-0.05, 0) is 30.2 Å². The minimum Gasteiger partial charge on any atom is -0.384 e. The number of anilines is 1. The van der Waals surface area contributed by atoms with E-state index in [0.29, 0.717) is 13.0 Å². The molecule has 1 atom stereocenters. The predicted octanol–water partition coefficient (Wildman–Crippen LogP) is 3.53. The molecule has 1 aliphatic rings. The molecule has 3 rings (SSSR count). The van der Waals surface area contributed by atoms with Gasteiger partial charge in [-0.2, -0.15) is 0 Å². The van der Waals surface area contributed by atoms with Crippen LogP contribution in [0.1, 0.15) is 34.6 Å². The Hall–Kier alpha value is -1.81. The number of thiophene rings is 1. The van der Waals surface area contributed by atoms with Crippen LogP contribution in [0.2, 0.25) is 0 Å². The molecule has 3 nitrogen and oxygen atoms in total. The first-order chi connectivity index (χ1) is 10.3. The standard InChI is InChI=1S/C17H20N2OS/c1-2-13-7-8-14(21-13)11-19-17(20)9-12-10-18-16-6-4-3-5-15(12)16/h3-8,12,18H,2,9-11H2,1H3,(H,19,20). The first kappa shape index (κ1) is 14.1. The Balaban J connectivity index is 1.53. The quantitative estimate of drug-likeness (QED) is 0.887. The van der Waals surface area contributed by atoms with Crippen molar-refractivity contribution in [2.75, 3.05) is 11.9 Å².